The lowest BCUT2D eigenvalue weighted by Crippen LogP contribution is -2.42. The van der Waals surface area contributed by atoms with Crippen LogP contribution in [-0.2, 0) is 4.79 Å². The highest BCUT2D eigenvalue weighted by Gasteiger charge is 2.23. The molecule has 114 valence electrons. The van der Waals surface area contributed by atoms with Gasteiger partial charge in [-0.1, -0.05) is 6.07 Å². The highest BCUT2D eigenvalue weighted by Crippen LogP contribution is 2.19. The SMILES string of the molecule is CC(=O)N(CCNC(=O)NC1CC1)c1cc(C)cc(C)c1. The van der Waals surface area contributed by atoms with E-state index in [1.807, 2.05) is 26.0 Å². The minimum absolute atomic E-state index is 0.0237. The van der Waals surface area contributed by atoms with Crippen LogP contribution in [0, 0.1) is 13.8 Å². The second-order valence-corrected chi connectivity index (χ2v) is 5.69. The second kappa shape index (κ2) is 6.61. The van der Waals surface area contributed by atoms with Gasteiger partial charge >= 0.3 is 6.03 Å². The van der Waals surface area contributed by atoms with Gasteiger partial charge in [-0.05, 0) is 49.9 Å². The van der Waals surface area contributed by atoms with Crippen LogP contribution in [0.3, 0.4) is 0 Å². The first-order chi connectivity index (χ1) is 9.95. The molecule has 0 aromatic heterocycles. The van der Waals surface area contributed by atoms with Crippen LogP contribution in [0.4, 0.5) is 10.5 Å². The monoisotopic (exact) mass is 289 g/mol. The van der Waals surface area contributed by atoms with E-state index in [1.165, 1.54) is 0 Å². The molecule has 2 rings (SSSR count). The van der Waals surface area contributed by atoms with Crippen LogP contribution in [-0.4, -0.2) is 31.1 Å². The van der Waals surface area contributed by atoms with Gasteiger partial charge in [0.15, 0.2) is 0 Å². The predicted molar refractivity (Wildman–Crippen MR) is 83.5 cm³/mol. The van der Waals surface area contributed by atoms with Gasteiger partial charge in [-0.3, -0.25) is 4.79 Å². The maximum atomic E-state index is 11.8. The van der Waals surface area contributed by atoms with Gasteiger partial charge in [-0.2, -0.15) is 0 Å². The molecule has 5 nitrogen and oxygen atoms in total. The molecule has 1 saturated carbocycles. The first kappa shape index (κ1) is 15.4. The lowest BCUT2D eigenvalue weighted by atomic mass is 10.1. The molecule has 0 heterocycles. The summed E-state index contributed by atoms with van der Waals surface area (Å²) >= 11 is 0. The molecule has 0 saturated heterocycles. The van der Waals surface area contributed by atoms with Gasteiger partial charge < -0.3 is 15.5 Å². The molecule has 0 atom stereocenters. The summed E-state index contributed by atoms with van der Waals surface area (Å²) in [5.41, 5.74) is 3.12. The van der Waals surface area contributed by atoms with Gasteiger partial charge in [-0.15, -0.1) is 0 Å². The molecule has 0 spiro atoms. The molecule has 1 fully saturated rings. The second-order valence-electron chi connectivity index (χ2n) is 5.69. The van der Waals surface area contributed by atoms with Crippen molar-refractivity contribution < 1.29 is 9.59 Å². The van der Waals surface area contributed by atoms with E-state index >= 15 is 0 Å². The molecule has 1 aromatic carbocycles. The van der Waals surface area contributed by atoms with Crippen molar-refractivity contribution in [2.75, 3.05) is 18.0 Å². The molecular weight excluding hydrogens is 266 g/mol. The summed E-state index contributed by atoms with van der Waals surface area (Å²) in [5.74, 6) is -0.0237. The number of benzene rings is 1. The average Bonchev–Trinajstić information content (AvgIpc) is 3.16. The van der Waals surface area contributed by atoms with Crippen molar-refractivity contribution in [3.63, 3.8) is 0 Å². The largest absolute Gasteiger partial charge is 0.336 e. The Hall–Kier alpha value is -2.04. The van der Waals surface area contributed by atoms with Crippen molar-refractivity contribution in [2.45, 2.75) is 39.7 Å². The van der Waals surface area contributed by atoms with E-state index in [9.17, 15) is 9.59 Å². The fourth-order valence-electron chi connectivity index (χ4n) is 2.32. The molecule has 1 aromatic rings. The van der Waals surface area contributed by atoms with Crippen LogP contribution in [0.1, 0.15) is 30.9 Å². The van der Waals surface area contributed by atoms with E-state index in [2.05, 4.69) is 16.7 Å². The zero-order valence-corrected chi connectivity index (χ0v) is 12.9. The van der Waals surface area contributed by atoms with E-state index in [1.54, 1.807) is 11.8 Å². The number of hydrogen-bond acceptors (Lipinski definition) is 2. The van der Waals surface area contributed by atoms with Gasteiger partial charge in [-0.25, -0.2) is 4.79 Å². The molecular formula is C16H23N3O2. The number of rotatable bonds is 5. The highest BCUT2D eigenvalue weighted by molar-refractivity contribution is 5.91. The first-order valence-electron chi connectivity index (χ1n) is 7.36. The molecule has 21 heavy (non-hydrogen) atoms. The third-order valence-electron chi connectivity index (χ3n) is 3.43. The van der Waals surface area contributed by atoms with E-state index < -0.39 is 0 Å². The third-order valence-corrected chi connectivity index (χ3v) is 3.43. The van der Waals surface area contributed by atoms with E-state index in [0.29, 0.717) is 19.1 Å². The highest BCUT2D eigenvalue weighted by atomic mass is 16.2. The Kier molecular flexibility index (Phi) is 4.83. The van der Waals surface area contributed by atoms with Gasteiger partial charge in [0.05, 0.1) is 0 Å². The minimum atomic E-state index is -0.151. The smallest absolute Gasteiger partial charge is 0.315 e. The summed E-state index contributed by atoms with van der Waals surface area (Å²) in [6.07, 6.45) is 2.13. The summed E-state index contributed by atoms with van der Waals surface area (Å²) in [5, 5.41) is 5.66. The van der Waals surface area contributed by atoms with Crippen LogP contribution >= 0.6 is 0 Å². The molecule has 2 N–H and O–H groups in total. The van der Waals surface area contributed by atoms with E-state index in [0.717, 1.165) is 29.7 Å². The van der Waals surface area contributed by atoms with Crippen LogP contribution in [0.2, 0.25) is 0 Å². The number of carbonyl (C=O) groups is 2. The minimum Gasteiger partial charge on any atom is -0.336 e. The fourth-order valence-corrected chi connectivity index (χ4v) is 2.32. The predicted octanol–water partition coefficient (Wildman–Crippen LogP) is 2.12. The number of anilines is 1. The Morgan fingerprint density at radius 2 is 1.81 bits per heavy atom. The van der Waals surface area contributed by atoms with Crippen molar-refractivity contribution >= 4 is 17.6 Å². The molecule has 0 unspecified atom stereocenters. The Balaban J connectivity index is 1.92. The average molecular weight is 289 g/mol. The number of aryl methyl sites for hydroxylation is 2. The lowest BCUT2D eigenvalue weighted by Gasteiger charge is -2.22. The summed E-state index contributed by atoms with van der Waals surface area (Å²) in [6.45, 7) is 6.47. The molecule has 0 bridgehead atoms. The summed E-state index contributed by atoms with van der Waals surface area (Å²) in [4.78, 5) is 25.1. The topological polar surface area (TPSA) is 61.4 Å². The molecule has 0 aliphatic heterocycles. The number of nitrogens with one attached hydrogen (secondary N) is 2. The van der Waals surface area contributed by atoms with Crippen molar-refractivity contribution in [2.24, 2.45) is 0 Å². The van der Waals surface area contributed by atoms with Crippen molar-refractivity contribution in [1.29, 1.82) is 0 Å². The van der Waals surface area contributed by atoms with Crippen molar-refractivity contribution in [3.05, 3.63) is 29.3 Å². The number of hydrogen-bond donors (Lipinski definition) is 2. The maximum absolute atomic E-state index is 11.8. The van der Waals surface area contributed by atoms with Gasteiger partial charge in [0.1, 0.15) is 0 Å². The number of amides is 3. The fraction of sp³-hybridized carbons (Fsp3) is 0.500. The molecule has 5 heteroatoms. The Morgan fingerprint density at radius 1 is 1.19 bits per heavy atom. The quantitative estimate of drug-likeness (QED) is 0.872. The normalized spacial score (nSPS) is 13.7. The Bertz CT molecular complexity index is 518. The van der Waals surface area contributed by atoms with Gasteiger partial charge in [0.25, 0.3) is 0 Å². The maximum Gasteiger partial charge on any atom is 0.315 e. The first-order valence-corrected chi connectivity index (χ1v) is 7.36. The van der Waals surface area contributed by atoms with Crippen LogP contribution < -0.4 is 15.5 Å². The Morgan fingerprint density at radius 3 is 2.33 bits per heavy atom. The zero-order valence-electron chi connectivity index (χ0n) is 12.9. The van der Waals surface area contributed by atoms with E-state index in [-0.39, 0.29) is 11.9 Å². The van der Waals surface area contributed by atoms with Crippen molar-refractivity contribution in [1.82, 2.24) is 10.6 Å². The van der Waals surface area contributed by atoms with Crippen LogP contribution in [0.15, 0.2) is 18.2 Å². The number of urea groups is 1. The van der Waals surface area contributed by atoms with Gasteiger partial charge in [0.2, 0.25) is 5.91 Å². The van der Waals surface area contributed by atoms with Crippen LogP contribution in [0.25, 0.3) is 0 Å². The van der Waals surface area contributed by atoms with E-state index in [4.69, 9.17) is 0 Å². The number of nitrogens with zero attached hydrogens (tertiary/aromatic N) is 1. The third kappa shape index (κ3) is 4.77. The molecule has 1 aliphatic rings. The zero-order chi connectivity index (χ0) is 15.4. The molecule has 1 aliphatic carbocycles. The summed E-state index contributed by atoms with van der Waals surface area (Å²) in [6, 6.07) is 6.23. The summed E-state index contributed by atoms with van der Waals surface area (Å²) < 4.78 is 0. The standard InChI is InChI=1S/C16H23N3O2/c1-11-8-12(2)10-15(9-11)19(13(3)20)7-6-17-16(21)18-14-4-5-14/h8-10,14H,4-7H2,1-3H3,(H2,17,18,21). The van der Waals surface area contributed by atoms with Crippen molar-refractivity contribution in [3.8, 4) is 0 Å². The molecule has 3 amide bonds. The van der Waals surface area contributed by atoms with Gasteiger partial charge in [0, 0.05) is 31.7 Å². The lowest BCUT2D eigenvalue weighted by molar-refractivity contribution is -0.116. The summed E-state index contributed by atoms with van der Waals surface area (Å²) in [7, 11) is 0. The Labute approximate surface area is 125 Å². The van der Waals surface area contributed by atoms with Crippen LogP contribution in [0.5, 0.6) is 0 Å². The molecule has 0 radical (unpaired) electrons. The number of carbonyl (C=O) groups excluding carboxylic acids is 2.